The molecule has 3 heterocycles. The van der Waals surface area contributed by atoms with E-state index in [1.807, 2.05) is 49.0 Å². The van der Waals surface area contributed by atoms with E-state index in [1.165, 1.54) is 11.1 Å². The van der Waals surface area contributed by atoms with Gasteiger partial charge in [-0.3, -0.25) is 0 Å². The molecular formula is C29H28N4O3S. The average molecular weight is 513 g/mol. The third kappa shape index (κ3) is 4.86. The number of hydrogen-bond acceptors (Lipinski definition) is 7. The number of aryl methyl sites for hydroxylation is 2. The molecule has 0 spiro atoms. The fraction of sp³-hybridized carbons (Fsp3) is 0.276. The van der Waals surface area contributed by atoms with Gasteiger partial charge in [0.05, 0.1) is 22.9 Å². The number of fused-ring (bicyclic) bond motifs is 2. The number of rotatable bonds is 7. The molecule has 0 unspecified atom stereocenters. The minimum atomic E-state index is -0.254. The second-order valence-electron chi connectivity index (χ2n) is 9.35. The van der Waals surface area contributed by atoms with Crippen LogP contribution in [0, 0.1) is 13.8 Å². The zero-order valence-corrected chi connectivity index (χ0v) is 21.8. The second-order valence-corrected chi connectivity index (χ2v) is 10.1. The van der Waals surface area contributed by atoms with E-state index in [0.717, 1.165) is 38.5 Å². The Balaban J connectivity index is 1.29. The summed E-state index contributed by atoms with van der Waals surface area (Å²) in [5.41, 5.74) is 5.13. The van der Waals surface area contributed by atoms with Gasteiger partial charge in [0, 0.05) is 11.8 Å². The lowest BCUT2D eigenvalue weighted by molar-refractivity contribution is -0.0339. The number of thioether (sulfide) groups is 1. The predicted octanol–water partition coefficient (Wildman–Crippen LogP) is 6.13. The van der Waals surface area contributed by atoms with Crippen LogP contribution in [0.4, 0.5) is 0 Å². The smallest absolute Gasteiger partial charge is 0.139 e. The van der Waals surface area contributed by atoms with E-state index < -0.39 is 0 Å². The lowest BCUT2D eigenvalue weighted by Gasteiger charge is -2.20. The number of imidazole rings is 1. The van der Waals surface area contributed by atoms with Gasteiger partial charge in [-0.25, -0.2) is 15.0 Å². The van der Waals surface area contributed by atoms with Crippen LogP contribution in [0.3, 0.4) is 0 Å². The molecule has 1 fully saturated rings. The fourth-order valence-electron chi connectivity index (χ4n) is 4.70. The summed E-state index contributed by atoms with van der Waals surface area (Å²) in [4.78, 5) is 13.6. The first-order chi connectivity index (χ1) is 18.1. The van der Waals surface area contributed by atoms with Gasteiger partial charge < -0.3 is 18.8 Å². The summed E-state index contributed by atoms with van der Waals surface area (Å²) in [6.07, 6.45) is 5.45. The molecule has 3 atom stereocenters. The van der Waals surface area contributed by atoms with Crippen LogP contribution in [0.1, 0.15) is 23.8 Å². The average Bonchev–Trinajstić information content (AvgIpc) is 3.51. The molecule has 0 radical (unpaired) electrons. The van der Waals surface area contributed by atoms with Crippen molar-refractivity contribution in [1.82, 2.24) is 19.5 Å². The Morgan fingerprint density at radius 2 is 1.65 bits per heavy atom. The van der Waals surface area contributed by atoms with Crippen LogP contribution in [0.15, 0.2) is 78.3 Å². The zero-order valence-electron chi connectivity index (χ0n) is 21.0. The number of aromatic nitrogens is 4. The molecule has 7 nitrogen and oxygen atoms in total. The summed E-state index contributed by atoms with van der Waals surface area (Å²) < 4.78 is 21.2. The van der Waals surface area contributed by atoms with Crippen LogP contribution in [0.25, 0.3) is 21.9 Å². The molecule has 0 bridgehead atoms. The van der Waals surface area contributed by atoms with Crippen molar-refractivity contribution in [2.24, 2.45) is 0 Å². The van der Waals surface area contributed by atoms with E-state index >= 15 is 0 Å². The van der Waals surface area contributed by atoms with E-state index in [2.05, 4.69) is 57.6 Å². The van der Waals surface area contributed by atoms with Gasteiger partial charge in [-0.2, -0.15) is 0 Å². The van der Waals surface area contributed by atoms with Gasteiger partial charge in [-0.1, -0.05) is 35.4 Å². The molecule has 0 saturated carbocycles. The molecule has 37 heavy (non-hydrogen) atoms. The Hall–Kier alpha value is -3.62. The van der Waals surface area contributed by atoms with E-state index in [0.29, 0.717) is 13.0 Å². The molecule has 188 valence electrons. The van der Waals surface area contributed by atoms with Crippen LogP contribution in [0.5, 0.6) is 11.5 Å². The van der Waals surface area contributed by atoms with E-state index in [1.54, 1.807) is 18.1 Å². The number of ether oxygens (including phenoxy) is 3. The molecule has 0 N–H and O–H groups in total. The van der Waals surface area contributed by atoms with Gasteiger partial charge in [-0.15, -0.1) is 11.8 Å². The Morgan fingerprint density at radius 3 is 2.38 bits per heavy atom. The van der Waals surface area contributed by atoms with E-state index in [-0.39, 0.29) is 18.4 Å². The molecule has 2 aromatic heterocycles. The highest BCUT2D eigenvalue weighted by atomic mass is 32.2. The van der Waals surface area contributed by atoms with Gasteiger partial charge in [-0.05, 0) is 56.5 Å². The summed E-state index contributed by atoms with van der Waals surface area (Å²) in [5.74, 6) is 1.64. The number of hydrogen-bond donors (Lipinski definition) is 0. The maximum absolute atomic E-state index is 6.56. The van der Waals surface area contributed by atoms with Crippen molar-refractivity contribution in [2.45, 2.75) is 43.7 Å². The van der Waals surface area contributed by atoms with Crippen molar-refractivity contribution in [1.29, 1.82) is 0 Å². The molecule has 0 aliphatic carbocycles. The quantitative estimate of drug-likeness (QED) is 0.192. The zero-order chi connectivity index (χ0) is 25.4. The van der Waals surface area contributed by atoms with Crippen LogP contribution >= 0.6 is 11.8 Å². The molecule has 8 heteroatoms. The lowest BCUT2D eigenvalue weighted by Crippen LogP contribution is -2.32. The van der Waals surface area contributed by atoms with Crippen molar-refractivity contribution in [3.8, 4) is 11.5 Å². The van der Waals surface area contributed by atoms with Gasteiger partial charge >= 0.3 is 0 Å². The highest BCUT2D eigenvalue weighted by Gasteiger charge is 2.39. The molecule has 3 aromatic carbocycles. The normalized spacial score (nSPS) is 19.5. The Labute approximate surface area is 219 Å². The second kappa shape index (κ2) is 10.0. The standard InChI is InChI=1S/C29H28N4O3S/c1-18-4-8-20(9-5-18)34-15-27-26(35-21-10-6-19(2)7-11-21)14-28(36-27)33-17-32-24-12-22-23(13-25(24)33)30-16-31-29(22)37-3/h4-13,16-17,26-28H,14-15H2,1-3H3/t26-,27+,28-/m0/s1. The SMILES string of the molecule is CSc1ncnc2cc3c(cc12)ncn3[C@@H]1C[C@H](Oc2ccc(C)cc2)[C@@H](COc2ccc(C)cc2)O1. The number of nitrogens with zero attached hydrogens (tertiary/aromatic N) is 4. The van der Waals surface area contributed by atoms with Gasteiger partial charge in [0.2, 0.25) is 0 Å². The first-order valence-corrected chi connectivity index (χ1v) is 13.5. The lowest BCUT2D eigenvalue weighted by atomic mass is 10.1. The first-order valence-electron chi connectivity index (χ1n) is 12.3. The van der Waals surface area contributed by atoms with E-state index in [4.69, 9.17) is 14.2 Å². The van der Waals surface area contributed by atoms with Crippen LogP contribution < -0.4 is 9.47 Å². The van der Waals surface area contributed by atoms with E-state index in [9.17, 15) is 0 Å². The topological polar surface area (TPSA) is 71.3 Å². The highest BCUT2D eigenvalue weighted by molar-refractivity contribution is 7.98. The van der Waals surface area contributed by atoms with Crippen molar-refractivity contribution < 1.29 is 14.2 Å². The van der Waals surface area contributed by atoms with Gasteiger partial charge in [0.25, 0.3) is 0 Å². The maximum atomic E-state index is 6.56. The van der Waals surface area contributed by atoms with Crippen LogP contribution in [0.2, 0.25) is 0 Å². The van der Waals surface area contributed by atoms with Crippen molar-refractivity contribution in [3.05, 3.63) is 84.4 Å². The van der Waals surface area contributed by atoms with Crippen molar-refractivity contribution in [2.75, 3.05) is 12.9 Å². The van der Waals surface area contributed by atoms with Crippen LogP contribution in [-0.4, -0.2) is 44.6 Å². The Morgan fingerprint density at radius 1 is 0.919 bits per heavy atom. The molecule has 1 aliphatic rings. The molecule has 0 amide bonds. The predicted molar refractivity (Wildman–Crippen MR) is 145 cm³/mol. The summed E-state index contributed by atoms with van der Waals surface area (Å²) in [6, 6.07) is 20.3. The summed E-state index contributed by atoms with van der Waals surface area (Å²) in [7, 11) is 0. The minimum absolute atomic E-state index is 0.179. The maximum Gasteiger partial charge on any atom is 0.139 e. The Bertz CT molecular complexity index is 1540. The molecule has 5 aromatic rings. The van der Waals surface area contributed by atoms with Crippen LogP contribution in [-0.2, 0) is 4.74 Å². The highest BCUT2D eigenvalue weighted by Crippen LogP contribution is 2.35. The van der Waals surface area contributed by atoms with Gasteiger partial charge in [0.15, 0.2) is 0 Å². The Kier molecular flexibility index (Phi) is 6.44. The van der Waals surface area contributed by atoms with Crippen molar-refractivity contribution >= 4 is 33.7 Å². The molecule has 6 rings (SSSR count). The minimum Gasteiger partial charge on any atom is -0.491 e. The molecular weight excluding hydrogens is 484 g/mol. The fourth-order valence-corrected chi connectivity index (χ4v) is 5.23. The summed E-state index contributed by atoms with van der Waals surface area (Å²) in [6.45, 7) is 4.51. The summed E-state index contributed by atoms with van der Waals surface area (Å²) in [5, 5.41) is 1.95. The number of benzene rings is 3. The monoisotopic (exact) mass is 512 g/mol. The third-order valence-corrected chi connectivity index (χ3v) is 7.43. The first kappa shape index (κ1) is 23.8. The molecule has 1 aliphatic heterocycles. The largest absolute Gasteiger partial charge is 0.491 e. The molecule has 1 saturated heterocycles. The summed E-state index contributed by atoms with van der Waals surface area (Å²) >= 11 is 1.60. The van der Waals surface area contributed by atoms with Crippen molar-refractivity contribution in [3.63, 3.8) is 0 Å². The van der Waals surface area contributed by atoms with Gasteiger partial charge in [0.1, 0.15) is 47.9 Å². The third-order valence-electron chi connectivity index (χ3n) is 6.72.